The summed E-state index contributed by atoms with van der Waals surface area (Å²) in [5, 5.41) is 2.20. The zero-order chi connectivity index (χ0) is 11.7. The summed E-state index contributed by atoms with van der Waals surface area (Å²) in [6.07, 6.45) is 0. The van der Waals surface area contributed by atoms with Gasteiger partial charge in [-0.25, -0.2) is 0 Å². The lowest BCUT2D eigenvalue weighted by molar-refractivity contribution is 0.101. The largest absolute Gasteiger partial charge is 0.497 e. The SMILES string of the molecule is COc1ccc2c(C)c(C(C)=O)ccc2c1. The van der Waals surface area contributed by atoms with Crippen LogP contribution in [0.3, 0.4) is 0 Å². The van der Waals surface area contributed by atoms with E-state index in [1.54, 1.807) is 14.0 Å². The van der Waals surface area contributed by atoms with Gasteiger partial charge in [0, 0.05) is 5.56 Å². The molecule has 2 heteroatoms. The summed E-state index contributed by atoms with van der Waals surface area (Å²) < 4.78 is 5.17. The smallest absolute Gasteiger partial charge is 0.160 e. The Balaban J connectivity index is 2.71. The van der Waals surface area contributed by atoms with E-state index in [0.717, 1.165) is 27.6 Å². The molecule has 0 heterocycles. The molecule has 0 unspecified atom stereocenters. The number of carbonyl (C=O) groups excluding carboxylic acids is 1. The van der Waals surface area contributed by atoms with Crippen LogP contribution in [-0.4, -0.2) is 12.9 Å². The quantitative estimate of drug-likeness (QED) is 0.716. The van der Waals surface area contributed by atoms with E-state index >= 15 is 0 Å². The van der Waals surface area contributed by atoms with Crippen molar-refractivity contribution in [3.05, 3.63) is 41.5 Å². The van der Waals surface area contributed by atoms with Gasteiger partial charge in [-0.2, -0.15) is 0 Å². The van der Waals surface area contributed by atoms with Crippen molar-refractivity contribution in [3.63, 3.8) is 0 Å². The highest BCUT2D eigenvalue weighted by atomic mass is 16.5. The highest BCUT2D eigenvalue weighted by molar-refractivity contribution is 6.01. The van der Waals surface area contributed by atoms with Crippen molar-refractivity contribution in [2.24, 2.45) is 0 Å². The van der Waals surface area contributed by atoms with Crippen molar-refractivity contribution in [3.8, 4) is 5.75 Å². The van der Waals surface area contributed by atoms with E-state index in [1.807, 2.05) is 37.3 Å². The summed E-state index contributed by atoms with van der Waals surface area (Å²) in [6.45, 7) is 3.57. The van der Waals surface area contributed by atoms with Gasteiger partial charge in [-0.3, -0.25) is 4.79 Å². The Kier molecular flexibility index (Phi) is 2.65. The number of hydrogen-bond acceptors (Lipinski definition) is 2. The molecular weight excluding hydrogens is 200 g/mol. The Morgan fingerprint density at radius 3 is 2.56 bits per heavy atom. The van der Waals surface area contributed by atoms with E-state index in [9.17, 15) is 4.79 Å². The van der Waals surface area contributed by atoms with Crippen molar-refractivity contribution in [2.45, 2.75) is 13.8 Å². The van der Waals surface area contributed by atoms with Crippen LogP contribution >= 0.6 is 0 Å². The first-order valence-electron chi connectivity index (χ1n) is 5.22. The topological polar surface area (TPSA) is 26.3 Å². The first-order chi connectivity index (χ1) is 7.63. The molecule has 0 radical (unpaired) electrons. The predicted molar refractivity (Wildman–Crippen MR) is 65.2 cm³/mol. The third-order valence-corrected chi connectivity index (χ3v) is 2.88. The van der Waals surface area contributed by atoms with E-state index in [0.29, 0.717) is 0 Å². The van der Waals surface area contributed by atoms with E-state index < -0.39 is 0 Å². The average Bonchev–Trinajstić information content (AvgIpc) is 2.28. The number of Topliss-reactive ketones (excluding diaryl/α,β-unsaturated/α-hetero) is 1. The van der Waals surface area contributed by atoms with E-state index in [-0.39, 0.29) is 5.78 Å². The van der Waals surface area contributed by atoms with E-state index in [4.69, 9.17) is 4.74 Å². The normalized spacial score (nSPS) is 10.4. The van der Waals surface area contributed by atoms with Gasteiger partial charge in [-0.1, -0.05) is 18.2 Å². The Hall–Kier alpha value is -1.83. The Morgan fingerprint density at radius 2 is 1.94 bits per heavy atom. The fourth-order valence-corrected chi connectivity index (χ4v) is 1.97. The summed E-state index contributed by atoms with van der Waals surface area (Å²) in [6, 6.07) is 9.72. The van der Waals surface area contributed by atoms with Crippen LogP contribution in [0.4, 0.5) is 0 Å². The first-order valence-corrected chi connectivity index (χ1v) is 5.22. The zero-order valence-corrected chi connectivity index (χ0v) is 9.70. The molecule has 0 atom stereocenters. The van der Waals surface area contributed by atoms with Crippen LogP contribution < -0.4 is 4.74 Å². The molecule has 16 heavy (non-hydrogen) atoms. The van der Waals surface area contributed by atoms with Crippen LogP contribution in [0, 0.1) is 6.92 Å². The van der Waals surface area contributed by atoms with Gasteiger partial charge in [-0.05, 0) is 42.3 Å². The molecule has 82 valence electrons. The second-order valence-corrected chi connectivity index (χ2v) is 3.88. The monoisotopic (exact) mass is 214 g/mol. The number of benzene rings is 2. The van der Waals surface area contributed by atoms with Gasteiger partial charge in [0.05, 0.1) is 7.11 Å². The standard InChI is InChI=1S/C14H14O2/c1-9-13(10(2)15)6-4-11-8-12(16-3)5-7-14(9)11/h4-8H,1-3H3. The lowest BCUT2D eigenvalue weighted by atomic mass is 9.98. The number of aryl methyl sites for hydroxylation is 1. The maximum absolute atomic E-state index is 11.4. The summed E-state index contributed by atoms with van der Waals surface area (Å²) in [4.78, 5) is 11.4. The molecule has 0 aromatic heterocycles. The van der Waals surface area contributed by atoms with E-state index in [1.165, 1.54) is 0 Å². The van der Waals surface area contributed by atoms with Crippen molar-refractivity contribution in [1.29, 1.82) is 0 Å². The second kappa shape index (κ2) is 3.97. The average molecular weight is 214 g/mol. The highest BCUT2D eigenvalue weighted by Gasteiger charge is 2.07. The second-order valence-electron chi connectivity index (χ2n) is 3.88. The van der Waals surface area contributed by atoms with Crippen LogP contribution in [0.5, 0.6) is 5.75 Å². The third-order valence-electron chi connectivity index (χ3n) is 2.88. The lowest BCUT2D eigenvalue weighted by Crippen LogP contribution is -1.96. The number of ketones is 1. The first kappa shape index (κ1) is 10.7. The molecule has 0 amide bonds. The zero-order valence-electron chi connectivity index (χ0n) is 9.70. The predicted octanol–water partition coefficient (Wildman–Crippen LogP) is 3.36. The molecule has 2 nitrogen and oxygen atoms in total. The van der Waals surface area contributed by atoms with Crippen molar-refractivity contribution in [2.75, 3.05) is 7.11 Å². The van der Waals surface area contributed by atoms with Gasteiger partial charge in [0.15, 0.2) is 5.78 Å². The lowest BCUT2D eigenvalue weighted by Gasteiger charge is -2.08. The molecular formula is C14H14O2. The maximum Gasteiger partial charge on any atom is 0.160 e. The molecule has 2 rings (SSSR count). The summed E-state index contributed by atoms with van der Waals surface area (Å²) >= 11 is 0. The van der Waals surface area contributed by atoms with Crippen LogP contribution in [0.15, 0.2) is 30.3 Å². The maximum atomic E-state index is 11.4. The van der Waals surface area contributed by atoms with Crippen LogP contribution in [0.2, 0.25) is 0 Å². The van der Waals surface area contributed by atoms with Gasteiger partial charge >= 0.3 is 0 Å². The molecule has 0 N–H and O–H groups in total. The Bertz CT molecular complexity index is 556. The van der Waals surface area contributed by atoms with Crippen molar-refractivity contribution in [1.82, 2.24) is 0 Å². The van der Waals surface area contributed by atoms with Gasteiger partial charge in [0.25, 0.3) is 0 Å². The van der Waals surface area contributed by atoms with Crippen LogP contribution in [-0.2, 0) is 0 Å². The van der Waals surface area contributed by atoms with Gasteiger partial charge < -0.3 is 4.74 Å². The van der Waals surface area contributed by atoms with Gasteiger partial charge in [-0.15, -0.1) is 0 Å². The minimum Gasteiger partial charge on any atom is -0.497 e. The number of methoxy groups -OCH3 is 1. The summed E-state index contributed by atoms with van der Waals surface area (Å²) in [5.41, 5.74) is 1.82. The Labute approximate surface area is 94.8 Å². The molecule has 0 aliphatic carbocycles. The third kappa shape index (κ3) is 1.67. The van der Waals surface area contributed by atoms with Gasteiger partial charge in [0.2, 0.25) is 0 Å². The fourth-order valence-electron chi connectivity index (χ4n) is 1.97. The minimum atomic E-state index is 0.107. The van der Waals surface area contributed by atoms with Crippen LogP contribution in [0.1, 0.15) is 22.8 Å². The van der Waals surface area contributed by atoms with Crippen molar-refractivity contribution < 1.29 is 9.53 Å². The molecule has 0 saturated heterocycles. The molecule has 0 bridgehead atoms. The molecule has 2 aromatic rings. The molecule has 0 aliphatic rings. The Morgan fingerprint density at radius 1 is 1.19 bits per heavy atom. The van der Waals surface area contributed by atoms with E-state index in [2.05, 4.69) is 0 Å². The molecule has 0 saturated carbocycles. The van der Waals surface area contributed by atoms with Gasteiger partial charge in [0.1, 0.15) is 5.75 Å². The number of rotatable bonds is 2. The highest BCUT2D eigenvalue weighted by Crippen LogP contribution is 2.25. The fraction of sp³-hybridized carbons (Fsp3) is 0.214. The molecule has 2 aromatic carbocycles. The minimum absolute atomic E-state index is 0.107. The van der Waals surface area contributed by atoms with Crippen LogP contribution in [0.25, 0.3) is 10.8 Å². The number of hydrogen-bond donors (Lipinski definition) is 0. The molecule has 0 fully saturated rings. The molecule has 0 aliphatic heterocycles. The number of fused-ring (bicyclic) bond motifs is 1. The summed E-state index contributed by atoms with van der Waals surface area (Å²) in [7, 11) is 1.65. The molecule has 0 spiro atoms. The number of carbonyl (C=O) groups is 1. The summed E-state index contributed by atoms with van der Waals surface area (Å²) in [5.74, 6) is 0.942. The van der Waals surface area contributed by atoms with Crippen molar-refractivity contribution >= 4 is 16.6 Å². The number of ether oxygens (including phenoxy) is 1.